The number of amides is 1. The van der Waals surface area contributed by atoms with Crippen molar-refractivity contribution < 1.29 is 4.79 Å². The number of fused-ring (bicyclic) bond motifs is 1. The summed E-state index contributed by atoms with van der Waals surface area (Å²) in [7, 11) is 0. The molecule has 0 spiro atoms. The summed E-state index contributed by atoms with van der Waals surface area (Å²) in [6.45, 7) is 0.342. The van der Waals surface area contributed by atoms with Gasteiger partial charge in [0.1, 0.15) is 0 Å². The minimum absolute atomic E-state index is 0.00530. The monoisotopic (exact) mass is 326 g/mol. The molecule has 0 aliphatic heterocycles. The number of benzene rings is 1. The Hall–Kier alpha value is -3.53. The molecule has 7 N–H and O–H groups in total. The Kier molecular flexibility index (Phi) is 4.03. The number of aromatic nitrogens is 4. The number of hydrogen-bond donors (Lipinski definition) is 5. The molecule has 0 saturated heterocycles. The lowest BCUT2D eigenvalue weighted by molar-refractivity contribution is 0.0953. The van der Waals surface area contributed by atoms with E-state index in [0.29, 0.717) is 17.8 Å². The molecule has 0 saturated carbocycles. The number of carbonyl (C=O) groups excluding carboxylic acids is 1. The first-order valence-electron chi connectivity index (χ1n) is 6.93. The number of hydrazine groups is 1. The normalized spacial score (nSPS) is 10.5. The topological polar surface area (TPSA) is 165 Å². The number of aromatic amines is 1. The molecule has 0 atom stereocenters. The molecular formula is C14H14N8O2. The van der Waals surface area contributed by atoms with Crippen molar-refractivity contribution in [3.8, 4) is 0 Å². The first-order chi connectivity index (χ1) is 11.6. The van der Waals surface area contributed by atoms with E-state index in [1.807, 2.05) is 0 Å². The van der Waals surface area contributed by atoms with Crippen LogP contribution >= 0.6 is 0 Å². The first-order valence-corrected chi connectivity index (χ1v) is 6.93. The third-order valence-corrected chi connectivity index (χ3v) is 3.24. The largest absolute Gasteiger partial charge is 0.379 e. The fourth-order valence-corrected chi connectivity index (χ4v) is 2.07. The van der Waals surface area contributed by atoms with Gasteiger partial charge in [-0.2, -0.15) is 4.98 Å². The fraction of sp³-hybridized carbons (Fsp3) is 0.0714. The minimum atomic E-state index is -0.441. The molecule has 1 amide bonds. The number of anilines is 2. The Balaban J connectivity index is 1.76. The summed E-state index contributed by atoms with van der Waals surface area (Å²) in [5, 5.41) is 3.12. The Bertz CT molecular complexity index is 951. The molecule has 10 heteroatoms. The van der Waals surface area contributed by atoms with E-state index in [1.165, 1.54) is 6.20 Å². The van der Waals surface area contributed by atoms with Gasteiger partial charge in [0.05, 0.1) is 18.4 Å². The second kappa shape index (κ2) is 6.30. The summed E-state index contributed by atoms with van der Waals surface area (Å²) in [5.41, 5.74) is 9.17. The van der Waals surface area contributed by atoms with E-state index >= 15 is 0 Å². The number of rotatable bonds is 4. The smallest absolute Gasteiger partial charge is 0.280 e. The Morgan fingerprint density at radius 2 is 1.96 bits per heavy atom. The molecule has 2 aromatic heterocycles. The van der Waals surface area contributed by atoms with Gasteiger partial charge in [-0.15, -0.1) is 0 Å². The van der Waals surface area contributed by atoms with E-state index in [4.69, 9.17) is 11.6 Å². The fourth-order valence-electron chi connectivity index (χ4n) is 2.07. The van der Waals surface area contributed by atoms with Crippen molar-refractivity contribution in [3.05, 3.63) is 52.1 Å². The molecule has 0 aliphatic carbocycles. The van der Waals surface area contributed by atoms with Crippen molar-refractivity contribution in [3.63, 3.8) is 0 Å². The highest BCUT2D eigenvalue weighted by molar-refractivity contribution is 5.94. The van der Waals surface area contributed by atoms with Gasteiger partial charge in [-0.1, -0.05) is 0 Å². The number of nitrogens with zero attached hydrogens (tertiary/aromatic N) is 3. The van der Waals surface area contributed by atoms with Crippen LogP contribution in [0.1, 0.15) is 16.1 Å². The van der Waals surface area contributed by atoms with E-state index in [0.717, 1.165) is 5.69 Å². The van der Waals surface area contributed by atoms with E-state index in [2.05, 4.69) is 30.7 Å². The van der Waals surface area contributed by atoms with Gasteiger partial charge in [-0.05, 0) is 24.3 Å². The van der Waals surface area contributed by atoms with Gasteiger partial charge >= 0.3 is 0 Å². The maximum absolute atomic E-state index is 11.8. The maximum atomic E-state index is 11.8. The third-order valence-electron chi connectivity index (χ3n) is 3.24. The quantitative estimate of drug-likeness (QED) is 0.243. The Labute approximate surface area is 135 Å². The van der Waals surface area contributed by atoms with E-state index in [-0.39, 0.29) is 23.0 Å². The van der Waals surface area contributed by atoms with Crippen LogP contribution in [0.4, 0.5) is 11.6 Å². The number of nitrogen functional groups attached to an aromatic ring is 2. The van der Waals surface area contributed by atoms with Crippen LogP contribution < -0.4 is 27.9 Å². The molecule has 0 aliphatic rings. The van der Waals surface area contributed by atoms with Gasteiger partial charge in [0.25, 0.3) is 11.5 Å². The lowest BCUT2D eigenvalue weighted by Crippen LogP contribution is -2.29. The molecule has 0 bridgehead atoms. The molecule has 24 heavy (non-hydrogen) atoms. The lowest BCUT2D eigenvalue weighted by atomic mass is 10.2. The predicted octanol–water partition coefficient (Wildman–Crippen LogP) is -0.489. The van der Waals surface area contributed by atoms with Crippen molar-refractivity contribution in [2.24, 2.45) is 5.84 Å². The number of H-pyrrole nitrogens is 1. The van der Waals surface area contributed by atoms with Crippen LogP contribution in [0, 0.1) is 0 Å². The molecule has 3 aromatic rings. The molecule has 10 nitrogen and oxygen atoms in total. The third kappa shape index (κ3) is 3.13. The molecule has 122 valence electrons. The summed E-state index contributed by atoms with van der Waals surface area (Å²) < 4.78 is 0. The van der Waals surface area contributed by atoms with Crippen molar-refractivity contribution in [1.82, 2.24) is 25.4 Å². The standard InChI is InChI=1S/C14H14N8O2/c15-14-20-11-10(13(24)21-14)19-9(6-18-11)5-17-8-3-1-7(2-4-8)12(23)22-16/h1-4,6,17H,5,16H2,(H,22,23)(H3,15,18,20,21,24). The SMILES string of the molecule is NNC(=O)c1ccc(NCc2cnc3nc(N)[nH]c(=O)c3n2)cc1. The zero-order valence-corrected chi connectivity index (χ0v) is 12.4. The highest BCUT2D eigenvalue weighted by Gasteiger charge is 2.07. The van der Waals surface area contributed by atoms with Gasteiger partial charge < -0.3 is 11.1 Å². The molecular weight excluding hydrogens is 312 g/mol. The van der Waals surface area contributed by atoms with Gasteiger partial charge in [0.2, 0.25) is 5.95 Å². The molecule has 0 radical (unpaired) electrons. The zero-order chi connectivity index (χ0) is 17.1. The van der Waals surface area contributed by atoms with Crippen LogP contribution in [0.2, 0.25) is 0 Å². The lowest BCUT2D eigenvalue weighted by Gasteiger charge is -2.07. The van der Waals surface area contributed by atoms with Crippen LogP contribution in [0.15, 0.2) is 35.3 Å². The summed E-state index contributed by atoms with van der Waals surface area (Å²) in [6.07, 6.45) is 1.51. The summed E-state index contributed by atoms with van der Waals surface area (Å²) in [6, 6.07) is 6.73. The molecule has 1 aromatic carbocycles. The Morgan fingerprint density at radius 1 is 1.21 bits per heavy atom. The van der Waals surface area contributed by atoms with Crippen LogP contribution in [0.25, 0.3) is 11.2 Å². The number of nitrogens with two attached hydrogens (primary N) is 2. The second-order valence-electron chi connectivity index (χ2n) is 4.89. The van der Waals surface area contributed by atoms with Crippen molar-refractivity contribution in [1.29, 1.82) is 0 Å². The zero-order valence-electron chi connectivity index (χ0n) is 12.4. The number of carbonyl (C=O) groups is 1. The minimum Gasteiger partial charge on any atom is -0.379 e. The van der Waals surface area contributed by atoms with Crippen LogP contribution in [-0.2, 0) is 6.54 Å². The van der Waals surface area contributed by atoms with Crippen molar-refractivity contribution >= 4 is 28.7 Å². The summed E-state index contributed by atoms with van der Waals surface area (Å²) >= 11 is 0. The molecule has 2 heterocycles. The molecule has 0 unspecified atom stereocenters. The predicted molar refractivity (Wildman–Crippen MR) is 87.8 cm³/mol. The van der Waals surface area contributed by atoms with Crippen molar-refractivity contribution in [2.75, 3.05) is 11.1 Å². The van der Waals surface area contributed by atoms with Crippen LogP contribution in [-0.4, -0.2) is 25.8 Å². The first kappa shape index (κ1) is 15.4. The highest BCUT2D eigenvalue weighted by atomic mass is 16.2. The van der Waals surface area contributed by atoms with Gasteiger partial charge in [-0.3, -0.25) is 20.0 Å². The van der Waals surface area contributed by atoms with Gasteiger partial charge in [0.15, 0.2) is 11.2 Å². The molecule has 3 rings (SSSR count). The number of hydrogen-bond acceptors (Lipinski definition) is 8. The average Bonchev–Trinajstić information content (AvgIpc) is 2.60. The number of nitrogens with one attached hydrogen (secondary N) is 3. The van der Waals surface area contributed by atoms with E-state index in [9.17, 15) is 9.59 Å². The second-order valence-corrected chi connectivity index (χ2v) is 4.89. The van der Waals surface area contributed by atoms with Crippen LogP contribution in [0.5, 0.6) is 0 Å². The van der Waals surface area contributed by atoms with Crippen molar-refractivity contribution in [2.45, 2.75) is 6.54 Å². The van der Waals surface area contributed by atoms with E-state index in [1.54, 1.807) is 24.3 Å². The van der Waals surface area contributed by atoms with Gasteiger partial charge in [0, 0.05) is 11.3 Å². The average molecular weight is 326 g/mol. The Morgan fingerprint density at radius 3 is 2.67 bits per heavy atom. The summed E-state index contributed by atoms with van der Waals surface area (Å²) in [5.74, 6) is 4.70. The van der Waals surface area contributed by atoms with E-state index < -0.39 is 5.56 Å². The summed E-state index contributed by atoms with van der Waals surface area (Å²) in [4.78, 5) is 37.8. The highest BCUT2D eigenvalue weighted by Crippen LogP contribution is 2.11. The molecule has 0 fully saturated rings. The van der Waals surface area contributed by atoms with Gasteiger partial charge in [-0.25, -0.2) is 15.8 Å². The maximum Gasteiger partial charge on any atom is 0.280 e. The van der Waals surface area contributed by atoms with Crippen LogP contribution in [0.3, 0.4) is 0 Å².